The minimum atomic E-state index is 0.434. The van der Waals surface area contributed by atoms with Crippen molar-refractivity contribution in [1.29, 1.82) is 0 Å². The molecule has 0 fully saturated rings. The van der Waals surface area contributed by atoms with Crippen molar-refractivity contribution < 1.29 is 4.74 Å². The van der Waals surface area contributed by atoms with E-state index >= 15 is 0 Å². The lowest BCUT2D eigenvalue weighted by molar-refractivity contribution is 0.292. The number of hydrogen-bond donors (Lipinski definition) is 1. The first-order chi connectivity index (χ1) is 9.63. The fraction of sp³-hybridized carbons (Fsp3) is 0.333. The average Bonchev–Trinajstić information content (AvgIpc) is 2.44. The molecule has 0 saturated carbocycles. The van der Waals surface area contributed by atoms with Crippen LogP contribution in [0.3, 0.4) is 0 Å². The van der Waals surface area contributed by atoms with Crippen molar-refractivity contribution in [2.24, 2.45) is 0 Å². The topological polar surface area (TPSA) is 47.0 Å². The molecule has 1 N–H and O–H groups in total. The highest BCUT2D eigenvalue weighted by Crippen LogP contribution is 2.13. The van der Waals surface area contributed by atoms with Crippen molar-refractivity contribution in [2.75, 3.05) is 0 Å². The lowest BCUT2D eigenvalue weighted by Crippen LogP contribution is -2.22. The third-order valence-corrected chi connectivity index (χ3v) is 3.14. The first-order valence-corrected chi connectivity index (χ1v) is 7.34. The zero-order valence-electron chi connectivity index (χ0n) is 11.6. The highest BCUT2D eigenvalue weighted by Gasteiger charge is 2.01. The molecule has 0 radical (unpaired) electrons. The highest BCUT2D eigenvalue weighted by atomic mass is 79.9. The summed E-state index contributed by atoms with van der Waals surface area (Å²) in [6.45, 7) is 5.40. The predicted molar refractivity (Wildman–Crippen MR) is 82.5 cm³/mol. The van der Waals surface area contributed by atoms with Gasteiger partial charge in [0.2, 0.25) is 5.88 Å². The molecule has 0 unspecified atom stereocenters. The summed E-state index contributed by atoms with van der Waals surface area (Å²) in [5.74, 6) is 0.540. The maximum atomic E-state index is 5.61. The van der Waals surface area contributed by atoms with E-state index in [-0.39, 0.29) is 0 Å². The molecule has 0 atom stereocenters. The van der Waals surface area contributed by atoms with Gasteiger partial charge in [0.15, 0.2) is 0 Å². The van der Waals surface area contributed by atoms with Crippen molar-refractivity contribution in [3.8, 4) is 5.88 Å². The lowest BCUT2D eigenvalue weighted by Gasteiger charge is -2.08. The van der Waals surface area contributed by atoms with Gasteiger partial charge < -0.3 is 10.1 Å². The molecule has 106 valence electrons. The summed E-state index contributed by atoms with van der Waals surface area (Å²) < 4.78 is 6.65. The normalized spacial score (nSPS) is 10.8. The van der Waals surface area contributed by atoms with Gasteiger partial charge in [-0.05, 0) is 17.7 Å². The number of halogens is 1. The van der Waals surface area contributed by atoms with Crippen LogP contribution >= 0.6 is 15.9 Å². The molecule has 1 heterocycles. The van der Waals surface area contributed by atoms with Crippen molar-refractivity contribution >= 4 is 15.9 Å². The van der Waals surface area contributed by atoms with Crippen LogP contribution in [0.15, 0.2) is 41.1 Å². The Morgan fingerprint density at radius 2 is 2.10 bits per heavy atom. The fourth-order valence-corrected chi connectivity index (χ4v) is 2.05. The summed E-state index contributed by atoms with van der Waals surface area (Å²) in [7, 11) is 0. The summed E-state index contributed by atoms with van der Waals surface area (Å²) in [6, 6.07) is 8.44. The Labute approximate surface area is 127 Å². The van der Waals surface area contributed by atoms with Crippen LogP contribution in [0.2, 0.25) is 0 Å². The van der Waals surface area contributed by atoms with E-state index in [0.717, 1.165) is 22.3 Å². The predicted octanol–water partition coefficient (Wildman–Crippen LogP) is 3.32. The minimum absolute atomic E-state index is 0.434. The molecule has 20 heavy (non-hydrogen) atoms. The van der Waals surface area contributed by atoms with E-state index in [4.69, 9.17) is 4.74 Å². The molecule has 1 aromatic carbocycles. The molecular weight excluding hydrogens is 318 g/mol. The number of nitrogens with zero attached hydrogens (tertiary/aromatic N) is 2. The first-order valence-electron chi connectivity index (χ1n) is 6.55. The number of hydrogen-bond acceptors (Lipinski definition) is 4. The van der Waals surface area contributed by atoms with Crippen molar-refractivity contribution in [3.63, 3.8) is 0 Å². The molecule has 1 aromatic heterocycles. The molecule has 0 bridgehead atoms. The molecule has 0 aliphatic rings. The second kappa shape index (κ2) is 7.36. The second-order valence-corrected chi connectivity index (χ2v) is 5.72. The van der Waals surface area contributed by atoms with Gasteiger partial charge in [-0.25, -0.2) is 4.98 Å². The van der Waals surface area contributed by atoms with Gasteiger partial charge in [-0.1, -0.05) is 41.9 Å². The molecule has 0 spiro atoms. The van der Waals surface area contributed by atoms with Crippen molar-refractivity contribution in [2.45, 2.75) is 33.0 Å². The summed E-state index contributed by atoms with van der Waals surface area (Å²) in [4.78, 5) is 8.58. The maximum Gasteiger partial charge on any atom is 0.232 e. The van der Waals surface area contributed by atoms with Crippen LogP contribution in [0.1, 0.15) is 25.1 Å². The van der Waals surface area contributed by atoms with Crippen molar-refractivity contribution in [3.05, 3.63) is 52.4 Å². The van der Waals surface area contributed by atoms with E-state index in [2.05, 4.69) is 45.1 Å². The van der Waals surface area contributed by atoms with E-state index in [9.17, 15) is 0 Å². The van der Waals surface area contributed by atoms with Crippen LogP contribution in [-0.2, 0) is 13.2 Å². The van der Waals surface area contributed by atoms with Gasteiger partial charge >= 0.3 is 0 Å². The van der Waals surface area contributed by atoms with E-state index < -0.39 is 0 Å². The van der Waals surface area contributed by atoms with Gasteiger partial charge in [-0.15, -0.1) is 0 Å². The van der Waals surface area contributed by atoms with Gasteiger partial charge in [0.25, 0.3) is 0 Å². The lowest BCUT2D eigenvalue weighted by atomic mass is 10.2. The van der Waals surface area contributed by atoms with Crippen molar-refractivity contribution in [1.82, 2.24) is 15.3 Å². The Kier molecular flexibility index (Phi) is 5.49. The molecule has 0 aliphatic carbocycles. The van der Waals surface area contributed by atoms with E-state index in [0.29, 0.717) is 18.5 Å². The highest BCUT2D eigenvalue weighted by molar-refractivity contribution is 9.10. The number of nitrogens with one attached hydrogen (secondary N) is 1. The molecular formula is C15H18BrN3O. The Morgan fingerprint density at radius 3 is 2.75 bits per heavy atom. The number of benzene rings is 1. The fourth-order valence-electron chi connectivity index (χ4n) is 1.60. The van der Waals surface area contributed by atoms with Crippen LogP contribution < -0.4 is 10.1 Å². The number of ether oxygens (including phenoxy) is 1. The molecule has 4 nitrogen and oxygen atoms in total. The maximum absolute atomic E-state index is 5.61. The second-order valence-electron chi connectivity index (χ2n) is 4.80. The van der Waals surface area contributed by atoms with Gasteiger partial charge in [0, 0.05) is 17.1 Å². The third kappa shape index (κ3) is 4.90. The molecule has 0 aliphatic heterocycles. The Balaban J connectivity index is 1.87. The Hall–Kier alpha value is -1.46. The Morgan fingerprint density at radius 1 is 1.25 bits per heavy atom. The monoisotopic (exact) mass is 335 g/mol. The summed E-state index contributed by atoms with van der Waals surface area (Å²) in [6.07, 6.45) is 3.40. The first kappa shape index (κ1) is 14.9. The number of aromatic nitrogens is 2. The van der Waals surface area contributed by atoms with E-state index in [1.807, 2.05) is 24.3 Å². The zero-order chi connectivity index (χ0) is 14.4. The minimum Gasteiger partial charge on any atom is -0.472 e. The zero-order valence-corrected chi connectivity index (χ0v) is 13.2. The van der Waals surface area contributed by atoms with Crippen LogP contribution in [0.5, 0.6) is 5.88 Å². The molecule has 0 amide bonds. The largest absolute Gasteiger partial charge is 0.472 e. The van der Waals surface area contributed by atoms with Gasteiger partial charge in [0.05, 0.1) is 18.1 Å². The van der Waals surface area contributed by atoms with Gasteiger partial charge in [-0.3, -0.25) is 4.98 Å². The van der Waals surface area contributed by atoms with E-state index in [1.165, 1.54) is 0 Å². The molecule has 2 aromatic rings. The summed E-state index contributed by atoms with van der Waals surface area (Å²) >= 11 is 3.44. The van der Waals surface area contributed by atoms with Gasteiger partial charge in [0.1, 0.15) is 6.61 Å². The molecule has 2 rings (SSSR count). The molecule has 5 heteroatoms. The third-order valence-electron chi connectivity index (χ3n) is 2.65. The van der Waals surface area contributed by atoms with Crippen LogP contribution in [-0.4, -0.2) is 16.0 Å². The molecule has 0 saturated heterocycles. The van der Waals surface area contributed by atoms with Crippen LogP contribution in [0.4, 0.5) is 0 Å². The standard InChI is InChI=1S/C15H18BrN3O/c1-11(2)17-7-14-8-19-15(9-18-14)20-10-12-4-3-5-13(16)6-12/h3-6,8-9,11,17H,7,10H2,1-2H3. The number of rotatable bonds is 6. The quantitative estimate of drug-likeness (QED) is 0.879. The Bertz CT molecular complexity index is 543. The van der Waals surface area contributed by atoms with Gasteiger partial charge in [-0.2, -0.15) is 0 Å². The SMILES string of the molecule is CC(C)NCc1cnc(OCc2cccc(Br)c2)cn1. The van der Waals surface area contributed by atoms with Crippen LogP contribution in [0, 0.1) is 0 Å². The summed E-state index contributed by atoms with van der Waals surface area (Å²) in [5, 5.41) is 3.30. The summed E-state index contributed by atoms with van der Waals surface area (Å²) in [5.41, 5.74) is 2.00. The average molecular weight is 336 g/mol. The smallest absolute Gasteiger partial charge is 0.232 e. The van der Waals surface area contributed by atoms with E-state index in [1.54, 1.807) is 12.4 Å². The van der Waals surface area contributed by atoms with Crippen LogP contribution in [0.25, 0.3) is 0 Å².